The molecule has 1 aliphatic carbocycles. The fraction of sp³-hybridized carbons (Fsp3) is 0.615. The highest BCUT2D eigenvalue weighted by Gasteiger charge is 2.17. The first-order valence-corrected chi connectivity index (χ1v) is 6.51. The van der Waals surface area contributed by atoms with E-state index < -0.39 is 11.9 Å². The highest BCUT2D eigenvalue weighted by Crippen LogP contribution is 2.22. The summed E-state index contributed by atoms with van der Waals surface area (Å²) in [4.78, 5) is 29.0. The lowest BCUT2D eigenvalue weighted by atomic mass is 9.99. The van der Waals surface area contributed by atoms with Gasteiger partial charge in [0.15, 0.2) is 0 Å². The average molecular weight is 307 g/mol. The number of carboxylic acid groups (broad SMARTS) is 2. The van der Waals surface area contributed by atoms with Crippen LogP contribution in [0.15, 0.2) is 11.6 Å². The van der Waals surface area contributed by atoms with Crippen LogP contribution in [0.1, 0.15) is 40.0 Å². The largest absolute Gasteiger partial charge is 0.550 e. The van der Waals surface area contributed by atoms with Gasteiger partial charge < -0.3 is 24.5 Å². The first kappa shape index (κ1) is 20.8. The smallest absolute Gasteiger partial charge is 0.333 e. The van der Waals surface area contributed by atoms with Gasteiger partial charge in [-0.25, -0.2) is 4.79 Å². The molecular formula is C13H19ClO6-2. The molecule has 7 heteroatoms. The Bertz CT molecular complexity index is 331. The van der Waals surface area contributed by atoms with Crippen LogP contribution in [0.2, 0.25) is 0 Å². The van der Waals surface area contributed by atoms with Crippen molar-refractivity contribution in [2.45, 2.75) is 45.4 Å². The number of halogens is 1. The summed E-state index contributed by atoms with van der Waals surface area (Å²) in [6, 6.07) is 0. The number of carboxylic acids is 2. The second-order valence-electron chi connectivity index (χ2n) is 3.80. The standard InChI is InChI=1S/C9H13ClO2.2C2H4O2/c1-2-12-9(11)7-4-3-5-8(10)6-7;2*1-2(3)4/h6,8H,2-5H2,1H3;2*1H3,(H,3,4)/p-2. The summed E-state index contributed by atoms with van der Waals surface area (Å²) in [5.74, 6) is -2.37. The number of carbonyl (C=O) groups excluding carboxylic acids is 3. The van der Waals surface area contributed by atoms with E-state index in [1.165, 1.54) is 0 Å². The van der Waals surface area contributed by atoms with Crippen molar-refractivity contribution in [2.75, 3.05) is 6.61 Å². The van der Waals surface area contributed by atoms with Gasteiger partial charge in [0.1, 0.15) is 0 Å². The maximum absolute atomic E-state index is 11.2. The average Bonchev–Trinajstić information content (AvgIpc) is 2.27. The first-order valence-electron chi connectivity index (χ1n) is 6.07. The third kappa shape index (κ3) is 16.4. The molecule has 0 bridgehead atoms. The number of rotatable bonds is 2. The Hall–Kier alpha value is -1.56. The van der Waals surface area contributed by atoms with Crippen molar-refractivity contribution in [3.8, 4) is 0 Å². The minimum atomic E-state index is -1.08. The van der Waals surface area contributed by atoms with Crippen LogP contribution in [0.3, 0.4) is 0 Å². The summed E-state index contributed by atoms with van der Waals surface area (Å²) in [6.07, 6.45) is 4.56. The molecule has 0 amide bonds. The number of allylic oxidation sites excluding steroid dienone is 1. The van der Waals surface area contributed by atoms with E-state index in [0.29, 0.717) is 6.61 Å². The Morgan fingerprint density at radius 1 is 1.30 bits per heavy atom. The van der Waals surface area contributed by atoms with Gasteiger partial charge in [-0.15, -0.1) is 11.6 Å². The second kappa shape index (κ2) is 12.5. The molecule has 0 spiro atoms. The quantitative estimate of drug-likeness (QED) is 0.515. The lowest BCUT2D eigenvalue weighted by molar-refractivity contribution is -0.303. The maximum Gasteiger partial charge on any atom is 0.333 e. The zero-order chi connectivity index (χ0) is 16.1. The Morgan fingerprint density at radius 2 is 1.75 bits per heavy atom. The predicted octanol–water partition coefficient (Wildman–Crippen LogP) is -0.220. The zero-order valence-corrected chi connectivity index (χ0v) is 12.6. The molecule has 0 radical (unpaired) electrons. The molecule has 20 heavy (non-hydrogen) atoms. The normalized spacial score (nSPS) is 16.4. The number of carbonyl (C=O) groups is 3. The highest BCUT2D eigenvalue weighted by molar-refractivity contribution is 6.22. The van der Waals surface area contributed by atoms with Crippen LogP contribution in [0.4, 0.5) is 0 Å². The van der Waals surface area contributed by atoms with E-state index in [-0.39, 0.29) is 11.3 Å². The summed E-state index contributed by atoms with van der Waals surface area (Å²) in [5.41, 5.74) is 0.739. The van der Waals surface area contributed by atoms with Crippen molar-refractivity contribution in [3.63, 3.8) is 0 Å². The van der Waals surface area contributed by atoms with Crippen LogP contribution < -0.4 is 10.2 Å². The summed E-state index contributed by atoms with van der Waals surface area (Å²) in [7, 11) is 0. The van der Waals surface area contributed by atoms with Gasteiger partial charge in [-0.05, 0) is 40.0 Å². The Kier molecular flexibility index (Phi) is 12.9. The number of ether oxygens (including phenoxy) is 1. The fourth-order valence-electron chi connectivity index (χ4n) is 1.27. The highest BCUT2D eigenvalue weighted by atomic mass is 35.5. The fourth-order valence-corrected chi connectivity index (χ4v) is 1.57. The minimum absolute atomic E-state index is 0.0122. The molecule has 0 aliphatic heterocycles. The van der Waals surface area contributed by atoms with Gasteiger partial charge >= 0.3 is 5.97 Å². The summed E-state index contributed by atoms with van der Waals surface area (Å²) >= 11 is 5.87. The third-order valence-electron chi connectivity index (χ3n) is 1.85. The molecular weight excluding hydrogens is 288 g/mol. The molecule has 1 rings (SSSR count). The van der Waals surface area contributed by atoms with E-state index in [1.807, 2.05) is 6.08 Å². The van der Waals surface area contributed by atoms with Crippen LogP contribution in [-0.2, 0) is 19.1 Å². The first-order chi connectivity index (χ1) is 9.20. The zero-order valence-electron chi connectivity index (χ0n) is 11.8. The molecule has 116 valence electrons. The lowest BCUT2D eigenvalue weighted by Crippen LogP contribution is -2.16. The van der Waals surface area contributed by atoms with Gasteiger partial charge in [-0.1, -0.05) is 6.08 Å². The summed E-state index contributed by atoms with van der Waals surface area (Å²) in [5, 5.41) is 17.8. The monoisotopic (exact) mass is 306 g/mol. The maximum atomic E-state index is 11.2. The van der Waals surface area contributed by atoms with Crippen molar-refractivity contribution in [3.05, 3.63) is 11.6 Å². The molecule has 0 N–H and O–H groups in total. The number of aliphatic carboxylic acids is 2. The molecule has 0 aromatic rings. The van der Waals surface area contributed by atoms with Gasteiger partial charge in [0, 0.05) is 17.5 Å². The van der Waals surface area contributed by atoms with E-state index in [2.05, 4.69) is 0 Å². The van der Waals surface area contributed by atoms with Gasteiger partial charge in [0.05, 0.1) is 12.0 Å². The van der Waals surface area contributed by atoms with Crippen LogP contribution in [0.5, 0.6) is 0 Å². The molecule has 1 unspecified atom stereocenters. The van der Waals surface area contributed by atoms with Crippen LogP contribution in [0.25, 0.3) is 0 Å². The van der Waals surface area contributed by atoms with E-state index >= 15 is 0 Å². The molecule has 0 aromatic carbocycles. The SMILES string of the molecule is CC(=O)[O-].CC(=O)[O-].CCOC(=O)C1=CC(Cl)CCC1. The topological polar surface area (TPSA) is 107 Å². The Morgan fingerprint density at radius 3 is 2.10 bits per heavy atom. The van der Waals surface area contributed by atoms with Crippen LogP contribution in [0, 0.1) is 0 Å². The van der Waals surface area contributed by atoms with E-state index in [9.17, 15) is 4.79 Å². The van der Waals surface area contributed by atoms with Gasteiger partial charge in [0.25, 0.3) is 0 Å². The van der Waals surface area contributed by atoms with E-state index in [1.54, 1.807) is 6.92 Å². The number of hydrogen-bond donors (Lipinski definition) is 0. The van der Waals surface area contributed by atoms with Crippen molar-refractivity contribution in [1.82, 2.24) is 0 Å². The number of esters is 1. The molecule has 0 fully saturated rings. The van der Waals surface area contributed by atoms with Crippen molar-refractivity contribution in [2.24, 2.45) is 0 Å². The van der Waals surface area contributed by atoms with Crippen molar-refractivity contribution < 1.29 is 29.3 Å². The molecule has 1 atom stereocenters. The molecule has 6 nitrogen and oxygen atoms in total. The molecule has 0 aromatic heterocycles. The number of alkyl halides is 1. The third-order valence-corrected chi connectivity index (χ3v) is 2.19. The van der Waals surface area contributed by atoms with E-state index in [4.69, 9.17) is 36.1 Å². The van der Waals surface area contributed by atoms with Crippen molar-refractivity contribution >= 4 is 29.5 Å². The Labute approximate surface area is 123 Å². The van der Waals surface area contributed by atoms with Gasteiger partial charge in [-0.2, -0.15) is 0 Å². The summed E-state index contributed by atoms with van der Waals surface area (Å²) in [6.45, 7) is 4.18. The molecule has 1 aliphatic rings. The second-order valence-corrected chi connectivity index (χ2v) is 4.36. The predicted molar refractivity (Wildman–Crippen MR) is 69.6 cm³/mol. The molecule has 0 saturated heterocycles. The van der Waals surface area contributed by atoms with Crippen molar-refractivity contribution in [1.29, 1.82) is 0 Å². The summed E-state index contributed by atoms with van der Waals surface area (Å²) < 4.78 is 4.86. The van der Waals surface area contributed by atoms with E-state index in [0.717, 1.165) is 38.7 Å². The van der Waals surface area contributed by atoms with Gasteiger partial charge in [-0.3, -0.25) is 0 Å². The van der Waals surface area contributed by atoms with Crippen LogP contribution in [-0.4, -0.2) is 29.9 Å². The lowest BCUT2D eigenvalue weighted by Gasteiger charge is -2.14. The van der Waals surface area contributed by atoms with Gasteiger partial charge in [0.2, 0.25) is 0 Å². The molecule has 0 saturated carbocycles. The molecule has 0 heterocycles. The van der Waals surface area contributed by atoms with Crippen LogP contribution >= 0.6 is 11.6 Å². The Balaban J connectivity index is 0. The minimum Gasteiger partial charge on any atom is -0.550 e. The number of hydrogen-bond acceptors (Lipinski definition) is 6.